The second kappa shape index (κ2) is 12.1. The van der Waals surface area contributed by atoms with E-state index in [1.54, 1.807) is 36.2 Å². The number of aromatic carboxylic acids is 1. The van der Waals surface area contributed by atoms with Gasteiger partial charge in [0.1, 0.15) is 12.4 Å². The third-order valence-electron chi connectivity index (χ3n) is 6.40. The van der Waals surface area contributed by atoms with Gasteiger partial charge >= 0.3 is 16.2 Å². The zero-order valence-electron chi connectivity index (χ0n) is 22.0. The summed E-state index contributed by atoms with van der Waals surface area (Å²) in [4.78, 5) is 15.2. The lowest BCUT2D eigenvalue weighted by molar-refractivity contribution is 0.0696. The number of hydrogen-bond donors (Lipinski definition) is 2. The molecule has 0 saturated carbocycles. The Kier molecular flexibility index (Phi) is 8.62. The predicted octanol–water partition coefficient (Wildman–Crippen LogP) is 3.54. The van der Waals surface area contributed by atoms with Crippen molar-refractivity contribution in [2.75, 3.05) is 27.2 Å². The summed E-state index contributed by atoms with van der Waals surface area (Å²) >= 11 is 0. The molecule has 1 heterocycles. The topological polar surface area (TPSA) is 124 Å². The highest BCUT2D eigenvalue weighted by Crippen LogP contribution is 2.30. The molecule has 0 saturated heterocycles. The van der Waals surface area contributed by atoms with Crippen LogP contribution in [0.2, 0.25) is 0 Å². The number of carboxylic acids is 1. The van der Waals surface area contributed by atoms with Gasteiger partial charge in [-0.25, -0.2) is 14.5 Å². The van der Waals surface area contributed by atoms with E-state index >= 15 is 0 Å². The van der Waals surface area contributed by atoms with Gasteiger partial charge in [-0.3, -0.25) is 4.99 Å². The summed E-state index contributed by atoms with van der Waals surface area (Å²) < 4.78 is 34.9. The molecular weight excluding hydrogens is 518 g/mol. The standard InChI is InChI=1S/C28H31N5O5S/c1-4-32(3)39(36,37)31-28(29-2)33-18-25(21-8-6-5-7-9-21)26(30-33)22-14-16-24(17-15-22)38-19-20-10-12-23(13-11-20)27(34)35/h5-17,25H,4,18-19H2,1-3H3,(H,29,31)(H,34,35). The Balaban J connectivity index is 1.55. The van der Waals surface area contributed by atoms with Crippen LogP contribution in [0.4, 0.5) is 0 Å². The van der Waals surface area contributed by atoms with Crippen molar-refractivity contribution < 1.29 is 23.1 Å². The smallest absolute Gasteiger partial charge is 0.335 e. The van der Waals surface area contributed by atoms with Gasteiger partial charge in [0.25, 0.3) is 0 Å². The summed E-state index contributed by atoms with van der Waals surface area (Å²) in [5.74, 6) is -0.293. The van der Waals surface area contributed by atoms with Crippen molar-refractivity contribution in [3.05, 3.63) is 101 Å². The van der Waals surface area contributed by atoms with Crippen LogP contribution in [0, 0.1) is 0 Å². The highest BCUT2D eigenvalue weighted by Gasteiger charge is 2.33. The van der Waals surface area contributed by atoms with Gasteiger partial charge < -0.3 is 9.84 Å². The Morgan fingerprint density at radius 2 is 1.77 bits per heavy atom. The zero-order chi connectivity index (χ0) is 28.0. The summed E-state index contributed by atoms with van der Waals surface area (Å²) in [6.45, 7) is 2.77. The molecule has 204 valence electrons. The molecule has 0 aliphatic carbocycles. The van der Waals surface area contributed by atoms with E-state index in [0.717, 1.165) is 22.4 Å². The minimum absolute atomic E-state index is 0.115. The number of hydrazone groups is 1. The van der Waals surface area contributed by atoms with Crippen LogP contribution in [0.1, 0.15) is 39.9 Å². The number of hydrogen-bond acceptors (Lipinski definition) is 6. The molecule has 4 rings (SSSR count). The SMILES string of the molecule is CCN(C)S(=O)(=O)NC(=NC)N1CC(c2ccccc2)C(c2ccc(OCc3ccc(C(=O)O)cc3)cc2)=N1. The molecule has 3 aromatic rings. The molecule has 10 nitrogen and oxygen atoms in total. The lowest BCUT2D eigenvalue weighted by Gasteiger charge is -2.22. The minimum Gasteiger partial charge on any atom is -0.489 e. The lowest BCUT2D eigenvalue weighted by atomic mass is 9.90. The summed E-state index contributed by atoms with van der Waals surface area (Å²) in [5, 5.41) is 15.4. The molecule has 3 aromatic carbocycles. The first-order chi connectivity index (χ1) is 18.7. The van der Waals surface area contributed by atoms with E-state index in [4.69, 9.17) is 14.9 Å². The van der Waals surface area contributed by atoms with Gasteiger partial charge in [-0.1, -0.05) is 49.4 Å². The van der Waals surface area contributed by atoms with Crippen molar-refractivity contribution in [2.45, 2.75) is 19.4 Å². The highest BCUT2D eigenvalue weighted by atomic mass is 32.2. The molecular formula is C28H31N5O5S. The van der Waals surface area contributed by atoms with Crippen LogP contribution >= 0.6 is 0 Å². The third-order valence-corrected chi connectivity index (χ3v) is 7.92. The van der Waals surface area contributed by atoms with Gasteiger partial charge in [0.15, 0.2) is 0 Å². The summed E-state index contributed by atoms with van der Waals surface area (Å²) in [6.07, 6.45) is 0. The van der Waals surface area contributed by atoms with Crippen molar-refractivity contribution in [3.8, 4) is 5.75 Å². The summed E-state index contributed by atoms with van der Waals surface area (Å²) in [6, 6.07) is 24.0. The molecule has 2 N–H and O–H groups in total. The van der Waals surface area contributed by atoms with Crippen LogP contribution in [0.5, 0.6) is 5.75 Å². The first-order valence-corrected chi connectivity index (χ1v) is 13.8. The maximum Gasteiger partial charge on any atom is 0.335 e. The van der Waals surface area contributed by atoms with E-state index in [1.807, 2.05) is 54.6 Å². The number of rotatable bonds is 9. The monoisotopic (exact) mass is 549 g/mol. The van der Waals surface area contributed by atoms with Crippen LogP contribution in [0.25, 0.3) is 0 Å². The van der Waals surface area contributed by atoms with Crippen molar-refractivity contribution in [3.63, 3.8) is 0 Å². The molecule has 11 heteroatoms. The first-order valence-electron chi connectivity index (χ1n) is 12.4. The molecule has 0 spiro atoms. The minimum atomic E-state index is -3.77. The van der Waals surface area contributed by atoms with E-state index in [1.165, 1.54) is 18.4 Å². The van der Waals surface area contributed by atoms with Gasteiger partial charge in [-0.05, 0) is 53.1 Å². The lowest BCUT2D eigenvalue weighted by Crippen LogP contribution is -2.46. The Morgan fingerprint density at radius 3 is 2.36 bits per heavy atom. The molecule has 1 aliphatic rings. The van der Waals surface area contributed by atoms with E-state index in [0.29, 0.717) is 25.4 Å². The molecule has 0 radical (unpaired) electrons. The fourth-order valence-electron chi connectivity index (χ4n) is 4.05. The normalized spacial score (nSPS) is 15.8. The van der Waals surface area contributed by atoms with Gasteiger partial charge in [0.2, 0.25) is 5.96 Å². The number of nitrogens with one attached hydrogen (secondary N) is 1. The van der Waals surface area contributed by atoms with Crippen molar-refractivity contribution in [1.29, 1.82) is 0 Å². The number of benzene rings is 3. The Morgan fingerprint density at radius 1 is 1.10 bits per heavy atom. The van der Waals surface area contributed by atoms with E-state index in [2.05, 4.69) is 9.71 Å². The molecule has 0 amide bonds. The number of aliphatic imine (C=N–C) groups is 1. The van der Waals surface area contributed by atoms with Crippen molar-refractivity contribution in [2.24, 2.45) is 10.1 Å². The van der Waals surface area contributed by atoms with Gasteiger partial charge in [-0.15, -0.1) is 0 Å². The second-order valence-electron chi connectivity index (χ2n) is 8.91. The number of carbonyl (C=O) groups is 1. The van der Waals surface area contributed by atoms with Crippen LogP contribution in [0.15, 0.2) is 89.0 Å². The largest absolute Gasteiger partial charge is 0.489 e. The average Bonchev–Trinajstić information content (AvgIpc) is 3.40. The molecule has 0 aromatic heterocycles. The molecule has 1 unspecified atom stereocenters. The quantitative estimate of drug-likeness (QED) is 0.311. The molecule has 1 aliphatic heterocycles. The van der Waals surface area contributed by atoms with Crippen LogP contribution in [0.3, 0.4) is 0 Å². The van der Waals surface area contributed by atoms with Gasteiger partial charge in [0, 0.05) is 26.6 Å². The molecule has 1 atom stereocenters. The average molecular weight is 550 g/mol. The Labute approximate surface area is 228 Å². The first kappa shape index (κ1) is 27.8. The number of nitrogens with zero attached hydrogens (tertiary/aromatic N) is 4. The van der Waals surface area contributed by atoms with E-state index in [-0.39, 0.29) is 17.4 Å². The van der Waals surface area contributed by atoms with Crippen LogP contribution in [-0.4, -0.2) is 67.7 Å². The van der Waals surface area contributed by atoms with E-state index < -0.39 is 16.2 Å². The maximum absolute atomic E-state index is 12.7. The summed E-state index contributed by atoms with van der Waals surface area (Å²) in [5.41, 5.74) is 3.78. The molecule has 0 bridgehead atoms. The highest BCUT2D eigenvalue weighted by molar-refractivity contribution is 7.87. The fourth-order valence-corrected chi connectivity index (χ4v) is 4.97. The fraction of sp³-hybridized carbons (Fsp3) is 0.250. The maximum atomic E-state index is 12.7. The van der Waals surface area contributed by atoms with E-state index in [9.17, 15) is 13.2 Å². The third kappa shape index (κ3) is 6.62. The Bertz CT molecular complexity index is 1460. The number of guanidine groups is 1. The second-order valence-corrected chi connectivity index (χ2v) is 10.7. The number of carboxylic acid groups (broad SMARTS) is 1. The Hall–Kier alpha value is -4.22. The zero-order valence-corrected chi connectivity index (χ0v) is 22.8. The van der Waals surface area contributed by atoms with Crippen molar-refractivity contribution in [1.82, 2.24) is 14.0 Å². The number of ether oxygens (including phenoxy) is 1. The van der Waals surface area contributed by atoms with Crippen LogP contribution in [-0.2, 0) is 16.8 Å². The van der Waals surface area contributed by atoms with Gasteiger partial charge in [0.05, 0.1) is 17.8 Å². The molecule has 0 fully saturated rings. The van der Waals surface area contributed by atoms with Crippen LogP contribution < -0.4 is 9.46 Å². The van der Waals surface area contributed by atoms with Gasteiger partial charge in [-0.2, -0.15) is 17.8 Å². The van der Waals surface area contributed by atoms with Crippen molar-refractivity contribution >= 4 is 27.8 Å². The summed E-state index contributed by atoms with van der Waals surface area (Å²) in [7, 11) is -0.749. The molecule has 39 heavy (non-hydrogen) atoms. The predicted molar refractivity (Wildman–Crippen MR) is 150 cm³/mol.